The third-order valence-corrected chi connectivity index (χ3v) is 6.42. The second-order valence-electron chi connectivity index (χ2n) is 8.02. The number of carbonyl (C=O) groups is 2. The zero-order valence-corrected chi connectivity index (χ0v) is 15.1. The van der Waals surface area contributed by atoms with Gasteiger partial charge >= 0.3 is 5.97 Å². The molecule has 0 spiro atoms. The van der Waals surface area contributed by atoms with Gasteiger partial charge in [-0.15, -0.1) is 0 Å². The number of anilines is 1. The van der Waals surface area contributed by atoms with Gasteiger partial charge in [0.15, 0.2) is 0 Å². The van der Waals surface area contributed by atoms with E-state index in [4.69, 9.17) is 4.98 Å². The molecular formula is C21H23N3O3. The lowest BCUT2D eigenvalue weighted by Gasteiger charge is -2.23. The number of aliphatic carboxylic acids is 1. The van der Waals surface area contributed by atoms with Gasteiger partial charge in [-0.25, -0.2) is 4.98 Å². The highest BCUT2D eigenvalue weighted by atomic mass is 16.4. The molecule has 5 rings (SSSR count). The van der Waals surface area contributed by atoms with Gasteiger partial charge in [0, 0.05) is 18.7 Å². The van der Waals surface area contributed by atoms with Crippen LogP contribution in [0.5, 0.6) is 0 Å². The number of carbonyl (C=O) groups excluding carboxylic acids is 1. The van der Waals surface area contributed by atoms with Crippen molar-refractivity contribution in [1.82, 2.24) is 9.55 Å². The number of fused-ring (bicyclic) bond motifs is 5. The predicted molar refractivity (Wildman–Crippen MR) is 101 cm³/mol. The first-order valence-electron chi connectivity index (χ1n) is 9.83. The molecule has 1 aliphatic heterocycles. The number of imidazole rings is 1. The molecule has 0 radical (unpaired) electrons. The monoisotopic (exact) mass is 365 g/mol. The maximum atomic E-state index is 12.9. The summed E-state index contributed by atoms with van der Waals surface area (Å²) in [5.74, 6) is -1.05. The summed E-state index contributed by atoms with van der Waals surface area (Å²) in [6, 6.07) is 5.83. The van der Waals surface area contributed by atoms with E-state index in [9.17, 15) is 14.7 Å². The van der Waals surface area contributed by atoms with Crippen LogP contribution in [-0.4, -0.2) is 26.5 Å². The van der Waals surface area contributed by atoms with E-state index in [-0.39, 0.29) is 17.7 Å². The van der Waals surface area contributed by atoms with E-state index in [0.717, 1.165) is 36.2 Å². The summed E-state index contributed by atoms with van der Waals surface area (Å²) in [5.41, 5.74) is 2.69. The van der Waals surface area contributed by atoms with Gasteiger partial charge in [-0.05, 0) is 49.3 Å². The molecule has 0 unspecified atom stereocenters. The van der Waals surface area contributed by atoms with Crippen LogP contribution >= 0.6 is 0 Å². The van der Waals surface area contributed by atoms with Crippen LogP contribution in [0.15, 0.2) is 30.4 Å². The number of carboxylic acids is 1. The Kier molecular flexibility index (Phi) is 3.81. The molecule has 4 atom stereocenters. The van der Waals surface area contributed by atoms with Crippen LogP contribution in [0.2, 0.25) is 0 Å². The van der Waals surface area contributed by atoms with Crippen LogP contribution in [0.3, 0.4) is 0 Å². The van der Waals surface area contributed by atoms with Gasteiger partial charge in [0.05, 0.1) is 22.9 Å². The van der Waals surface area contributed by atoms with Crippen molar-refractivity contribution < 1.29 is 14.7 Å². The Morgan fingerprint density at radius 2 is 1.93 bits per heavy atom. The van der Waals surface area contributed by atoms with E-state index in [0.29, 0.717) is 5.69 Å². The SMILES string of the molecule is O=C(O)[C@H]1[C@H](C(=O)Nc2ccc3c(c2)nc2n3CCCCC2)[C@H]2C=C[C@H]1C2. The molecule has 1 saturated carbocycles. The number of benzene rings is 1. The zero-order chi connectivity index (χ0) is 18.5. The number of nitrogens with one attached hydrogen (secondary N) is 1. The molecule has 1 fully saturated rings. The number of aryl methyl sites for hydroxylation is 2. The summed E-state index contributed by atoms with van der Waals surface area (Å²) >= 11 is 0. The van der Waals surface area contributed by atoms with E-state index in [1.54, 1.807) is 0 Å². The number of rotatable bonds is 3. The lowest BCUT2D eigenvalue weighted by molar-refractivity contribution is -0.146. The minimum atomic E-state index is -0.875. The Balaban J connectivity index is 1.41. The van der Waals surface area contributed by atoms with Crippen molar-refractivity contribution in [3.63, 3.8) is 0 Å². The van der Waals surface area contributed by atoms with Crippen LogP contribution in [0.4, 0.5) is 5.69 Å². The van der Waals surface area contributed by atoms with E-state index >= 15 is 0 Å². The quantitative estimate of drug-likeness (QED) is 0.818. The summed E-state index contributed by atoms with van der Waals surface area (Å²) < 4.78 is 2.29. The highest BCUT2D eigenvalue weighted by Crippen LogP contribution is 2.48. The Morgan fingerprint density at radius 1 is 1.11 bits per heavy atom. The van der Waals surface area contributed by atoms with Gasteiger partial charge in [0.1, 0.15) is 5.82 Å². The van der Waals surface area contributed by atoms with Crippen molar-refractivity contribution in [3.8, 4) is 0 Å². The highest BCUT2D eigenvalue weighted by Gasteiger charge is 2.51. The van der Waals surface area contributed by atoms with Gasteiger partial charge in [0.25, 0.3) is 0 Å². The topological polar surface area (TPSA) is 84.2 Å². The average Bonchev–Trinajstić information content (AvgIpc) is 3.30. The molecule has 2 aliphatic carbocycles. The molecule has 6 nitrogen and oxygen atoms in total. The molecular weight excluding hydrogens is 342 g/mol. The van der Waals surface area contributed by atoms with Crippen molar-refractivity contribution in [3.05, 3.63) is 36.2 Å². The predicted octanol–water partition coefficient (Wildman–Crippen LogP) is 3.22. The third-order valence-electron chi connectivity index (χ3n) is 6.42. The van der Waals surface area contributed by atoms with Crippen LogP contribution in [0, 0.1) is 23.7 Å². The number of hydrogen-bond acceptors (Lipinski definition) is 3. The molecule has 2 heterocycles. The Hall–Kier alpha value is -2.63. The average molecular weight is 365 g/mol. The van der Waals surface area contributed by atoms with Crippen molar-refractivity contribution in [2.45, 2.75) is 38.6 Å². The number of nitrogens with zero attached hydrogens (tertiary/aromatic N) is 2. The van der Waals surface area contributed by atoms with E-state index in [2.05, 4.69) is 9.88 Å². The molecule has 2 N–H and O–H groups in total. The fourth-order valence-corrected chi connectivity index (χ4v) is 5.17. The Morgan fingerprint density at radius 3 is 2.74 bits per heavy atom. The van der Waals surface area contributed by atoms with Gasteiger partial charge < -0.3 is 15.0 Å². The fourth-order valence-electron chi connectivity index (χ4n) is 5.17. The number of aromatic nitrogens is 2. The number of hydrogen-bond donors (Lipinski definition) is 2. The van der Waals surface area contributed by atoms with Crippen molar-refractivity contribution in [1.29, 1.82) is 0 Å². The first kappa shape index (κ1) is 16.5. The molecule has 0 saturated heterocycles. The number of allylic oxidation sites excluding steroid dienone is 2. The Bertz CT molecular complexity index is 961. The second kappa shape index (κ2) is 6.22. The number of amides is 1. The second-order valence-corrected chi connectivity index (χ2v) is 8.02. The van der Waals surface area contributed by atoms with Gasteiger partial charge in [0.2, 0.25) is 5.91 Å². The molecule has 1 amide bonds. The summed E-state index contributed by atoms with van der Waals surface area (Å²) in [6.07, 6.45) is 9.30. The van der Waals surface area contributed by atoms with Crippen LogP contribution in [0.1, 0.15) is 31.5 Å². The van der Waals surface area contributed by atoms with E-state index in [1.165, 1.54) is 19.3 Å². The summed E-state index contributed by atoms with van der Waals surface area (Å²) in [5, 5.41) is 12.5. The Labute approximate surface area is 157 Å². The van der Waals surface area contributed by atoms with Crippen LogP contribution in [0.25, 0.3) is 11.0 Å². The lowest BCUT2D eigenvalue weighted by atomic mass is 9.82. The maximum absolute atomic E-state index is 12.9. The number of carboxylic acid groups (broad SMARTS) is 1. The summed E-state index contributed by atoms with van der Waals surface area (Å²) in [6.45, 7) is 0.995. The third kappa shape index (κ3) is 2.66. The first-order valence-corrected chi connectivity index (χ1v) is 9.83. The largest absolute Gasteiger partial charge is 0.481 e. The maximum Gasteiger partial charge on any atom is 0.307 e. The first-order chi connectivity index (χ1) is 13.1. The van der Waals surface area contributed by atoms with Crippen molar-refractivity contribution in [2.75, 3.05) is 5.32 Å². The summed E-state index contributed by atoms with van der Waals surface area (Å²) in [4.78, 5) is 29.3. The highest BCUT2D eigenvalue weighted by molar-refractivity contribution is 5.97. The van der Waals surface area contributed by atoms with E-state index in [1.807, 2.05) is 30.4 Å². The fraction of sp³-hybridized carbons (Fsp3) is 0.476. The smallest absolute Gasteiger partial charge is 0.307 e. The van der Waals surface area contributed by atoms with Crippen LogP contribution in [-0.2, 0) is 22.6 Å². The molecule has 6 heteroatoms. The lowest BCUT2D eigenvalue weighted by Crippen LogP contribution is -2.36. The molecule has 2 bridgehead atoms. The molecule has 1 aromatic carbocycles. The minimum absolute atomic E-state index is 0.0190. The van der Waals surface area contributed by atoms with Gasteiger partial charge in [-0.3, -0.25) is 9.59 Å². The summed E-state index contributed by atoms with van der Waals surface area (Å²) in [7, 11) is 0. The molecule has 140 valence electrons. The van der Waals surface area contributed by atoms with Gasteiger partial charge in [-0.2, -0.15) is 0 Å². The zero-order valence-electron chi connectivity index (χ0n) is 15.1. The van der Waals surface area contributed by atoms with Crippen LogP contribution < -0.4 is 5.32 Å². The van der Waals surface area contributed by atoms with Gasteiger partial charge in [-0.1, -0.05) is 18.6 Å². The molecule has 2 aromatic rings. The molecule has 3 aliphatic rings. The van der Waals surface area contributed by atoms with Crippen molar-refractivity contribution >= 4 is 28.6 Å². The van der Waals surface area contributed by atoms with E-state index < -0.39 is 17.8 Å². The standard InChI is InChI=1S/C21H23N3O3/c25-20(18-12-5-6-13(10-12)19(18)21(26)27)22-14-7-8-16-15(11-14)23-17-4-2-1-3-9-24(16)17/h5-8,11-13,18-19H,1-4,9-10H2,(H,22,25)(H,26,27)/t12-,13-,18+,19+/m0/s1. The normalized spacial score (nSPS) is 28.9. The van der Waals surface area contributed by atoms with Crippen molar-refractivity contribution in [2.24, 2.45) is 23.7 Å². The molecule has 27 heavy (non-hydrogen) atoms. The minimum Gasteiger partial charge on any atom is -0.481 e. The molecule has 1 aromatic heterocycles.